The van der Waals surface area contributed by atoms with Crippen LogP contribution >= 0.6 is 0 Å². The van der Waals surface area contributed by atoms with Crippen molar-refractivity contribution in [3.63, 3.8) is 0 Å². The quantitative estimate of drug-likeness (QED) is 0.175. The fourth-order valence-corrected chi connectivity index (χ4v) is 3.98. The van der Waals surface area contributed by atoms with Crippen molar-refractivity contribution in [3.8, 4) is 34.5 Å². The largest absolute Gasteiger partial charge is 0.493 e. The standard InChI is InChI=1S/C32H36O12/c1-32(17-42-29(33)20-8-11-23(36-2)26(14-20)39-5,18-43-30(34)21-9-12-24(37-3)27(15-21)40-6)19-44-31(35)22-10-13-25(38-4)28(16-22)41-7/h8-16H,17-19H2,1-7H3. The maximum atomic E-state index is 13.0. The van der Waals surface area contributed by atoms with Crippen LogP contribution < -0.4 is 28.4 Å². The SMILES string of the molecule is COc1ccc(C(=O)OCC(C)(COC(=O)c2ccc(OC)c(OC)c2)COC(=O)c2ccc(OC)c(OC)c2)cc1OC. The third-order valence-electron chi connectivity index (χ3n) is 6.51. The Labute approximate surface area is 255 Å². The number of carbonyl (C=O) groups is 3. The van der Waals surface area contributed by atoms with Gasteiger partial charge in [0.1, 0.15) is 19.8 Å². The predicted octanol–water partition coefficient (Wildman–Crippen LogP) is 4.62. The van der Waals surface area contributed by atoms with Crippen molar-refractivity contribution in [2.45, 2.75) is 6.92 Å². The van der Waals surface area contributed by atoms with Crippen molar-refractivity contribution in [3.05, 3.63) is 71.3 Å². The Morgan fingerprint density at radius 1 is 0.455 bits per heavy atom. The van der Waals surface area contributed by atoms with Gasteiger partial charge in [-0.2, -0.15) is 0 Å². The second kappa shape index (κ2) is 15.4. The van der Waals surface area contributed by atoms with Gasteiger partial charge in [-0.3, -0.25) is 0 Å². The Hall–Kier alpha value is -5.13. The van der Waals surface area contributed by atoms with E-state index in [2.05, 4.69) is 0 Å². The molecule has 3 rings (SSSR count). The number of ether oxygens (including phenoxy) is 9. The molecule has 3 aromatic rings. The van der Waals surface area contributed by atoms with Crippen molar-refractivity contribution in [2.75, 3.05) is 62.5 Å². The zero-order chi connectivity index (χ0) is 32.3. The Morgan fingerprint density at radius 3 is 0.932 bits per heavy atom. The van der Waals surface area contributed by atoms with Gasteiger partial charge in [-0.15, -0.1) is 0 Å². The zero-order valence-electron chi connectivity index (χ0n) is 25.7. The summed E-state index contributed by atoms with van der Waals surface area (Å²) in [5.74, 6) is 0.347. The first kappa shape index (κ1) is 33.4. The summed E-state index contributed by atoms with van der Waals surface area (Å²) in [6, 6.07) is 13.7. The molecule has 0 aromatic heterocycles. The fraction of sp³-hybridized carbons (Fsp3) is 0.344. The molecule has 0 saturated carbocycles. The van der Waals surface area contributed by atoms with E-state index in [1.165, 1.54) is 79.1 Å². The van der Waals surface area contributed by atoms with Gasteiger partial charge in [0.25, 0.3) is 0 Å². The van der Waals surface area contributed by atoms with Crippen LogP contribution in [0.25, 0.3) is 0 Å². The van der Waals surface area contributed by atoms with Gasteiger partial charge in [0.15, 0.2) is 34.5 Å². The van der Waals surface area contributed by atoms with Crippen molar-refractivity contribution >= 4 is 17.9 Å². The molecule has 0 N–H and O–H groups in total. The average molecular weight is 613 g/mol. The Balaban J connectivity index is 1.79. The fourth-order valence-electron chi connectivity index (χ4n) is 3.98. The summed E-state index contributed by atoms with van der Waals surface area (Å²) in [4.78, 5) is 38.9. The normalized spacial score (nSPS) is 10.7. The Kier molecular flexibility index (Phi) is 11.7. The lowest BCUT2D eigenvalue weighted by molar-refractivity contribution is -0.0288. The van der Waals surface area contributed by atoms with Crippen molar-refractivity contribution < 1.29 is 57.0 Å². The Bertz CT molecular complexity index is 1290. The number of carbonyl (C=O) groups excluding carboxylic acids is 3. The first-order valence-electron chi connectivity index (χ1n) is 13.3. The molecular formula is C32H36O12. The molecule has 0 bridgehead atoms. The lowest BCUT2D eigenvalue weighted by atomic mass is 9.94. The molecule has 0 radical (unpaired) electrons. The third-order valence-corrected chi connectivity index (χ3v) is 6.51. The molecule has 0 aliphatic carbocycles. The van der Waals surface area contributed by atoms with Crippen molar-refractivity contribution in [1.82, 2.24) is 0 Å². The molecular weight excluding hydrogens is 576 g/mol. The molecule has 0 fully saturated rings. The van der Waals surface area contributed by atoms with Crippen LogP contribution in [0.15, 0.2) is 54.6 Å². The summed E-state index contributed by atoms with van der Waals surface area (Å²) in [7, 11) is 8.78. The van der Waals surface area contributed by atoms with E-state index >= 15 is 0 Å². The van der Waals surface area contributed by atoms with E-state index in [4.69, 9.17) is 42.6 Å². The van der Waals surface area contributed by atoms with Crippen LogP contribution in [-0.2, 0) is 14.2 Å². The molecule has 12 nitrogen and oxygen atoms in total. The molecule has 0 aliphatic heterocycles. The summed E-state index contributed by atoms with van der Waals surface area (Å²) in [5, 5.41) is 0. The number of hydrogen-bond donors (Lipinski definition) is 0. The van der Waals surface area contributed by atoms with Gasteiger partial charge < -0.3 is 42.6 Å². The maximum absolute atomic E-state index is 13.0. The first-order valence-corrected chi connectivity index (χ1v) is 13.3. The van der Waals surface area contributed by atoms with Crippen LogP contribution in [0.4, 0.5) is 0 Å². The summed E-state index contributed by atoms with van der Waals surface area (Å²) >= 11 is 0. The van der Waals surface area contributed by atoms with E-state index in [9.17, 15) is 14.4 Å². The van der Waals surface area contributed by atoms with E-state index in [0.717, 1.165) is 0 Å². The van der Waals surface area contributed by atoms with Gasteiger partial charge in [0.2, 0.25) is 0 Å². The first-order chi connectivity index (χ1) is 21.1. The van der Waals surface area contributed by atoms with Crippen molar-refractivity contribution in [1.29, 1.82) is 0 Å². The van der Waals surface area contributed by atoms with Crippen LogP contribution in [0.5, 0.6) is 34.5 Å². The van der Waals surface area contributed by atoms with Gasteiger partial charge in [0.05, 0.1) is 64.8 Å². The lowest BCUT2D eigenvalue weighted by Crippen LogP contribution is -2.37. The highest BCUT2D eigenvalue weighted by Crippen LogP contribution is 2.31. The second-order valence-electron chi connectivity index (χ2n) is 9.75. The number of rotatable bonds is 15. The van der Waals surface area contributed by atoms with Gasteiger partial charge in [0, 0.05) is 0 Å². The highest BCUT2D eigenvalue weighted by Gasteiger charge is 2.32. The highest BCUT2D eigenvalue weighted by molar-refractivity contribution is 5.91. The Morgan fingerprint density at radius 2 is 0.705 bits per heavy atom. The van der Waals surface area contributed by atoms with E-state index in [1.807, 2.05) is 0 Å². The molecule has 0 spiro atoms. The molecule has 0 aliphatic rings. The second-order valence-corrected chi connectivity index (χ2v) is 9.75. The number of hydrogen-bond acceptors (Lipinski definition) is 12. The van der Waals surface area contributed by atoms with E-state index in [0.29, 0.717) is 34.5 Å². The van der Waals surface area contributed by atoms with Crippen LogP contribution in [0.3, 0.4) is 0 Å². The van der Waals surface area contributed by atoms with Crippen molar-refractivity contribution in [2.24, 2.45) is 5.41 Å². The number of methoxy groups -OCH3 is 6. The van der Waals surface area contributed by atoms with Crippen LogP contribution in [0, 0.1) is 5.41 Å². The van der Waals surface area contributed by atoms with Crippen LogP contribution in [0.1, 0.15) is 38.0 Å². The van der Waals surface area contributed by atoms with E-state index < -0.39 is 23.3 Å². The van der Waals surface area contributed by atoms with Crippen LogP contribution in [-0.4, -0.2) is 80.4 Å². The number of esters is 3. The molecule has 3 aromatic carbocycles. The minimum Gasteiger partial charge on any atom is -0.493 e. The third kappa shape index (κ3) is 8.24. The molecule has 0 heterocycles. The average Bonchev–Trinajstić information content (AvgIpc) is 3.07. The summed E-state index contributed by atoms with van der Waals surface area (Å²) in [6.45, 7) is 0.856. The summed E-state index contributed by atoms with van der Waals surface area (Å²) in [6.07, 6.45) is 0. The molecule has 0 atom stereocenters. The molecule has 0 amide bonds. The monoisotopic (exact) mass is 612 g/mol. The lowest BCUT2D eigenvalue weighted by Gasteiger charge is -2.28. The molecule has 44 heavy (non-hydrogen) atoms. The minimum absolute atomic E-state index is 0.203. The molecule has 236 valence electrons. The van der Waals surface area contributed by atoms with Gasteiger partial charge in [-0.05, 0) is 61.5 Å². The van der Waals surface area contributed by atoms with Gasteiger partial charge in [-0.25, -0.2) is 14.4 Å². The zero-order valence-corrected chi connectivity index (χ0v) is 25.7. The highest BCUT2D eigenvalue weighted by atomic mass is 16.6. The van der Waals surface area contributed by atoms with Crippen LogP contribution in [0.2, 0.25) is 0 Å². The van der Waals surface area contributed by atoms with Gasteiger partial charge >= 0.3 is 17.9 Å². The summed E-state index contributed by atoms with van der Waals surface area (Å²) < 4.78 is 48.2. The topological polar surface area (TPSA) is 134 Å². The van der Waals surface area contributed by atoms with Gasteiger partial charge in [-0.1, -0.05) is 0 Å². The number of benzene rings is 3. The maximum Gasteiger partial charge on any atom is 0.338 e. The molecule has 0 saturated heterocycles. The molecule has 12 heteroatoms. The molecule has 0 unspecified atom stereocenters. The predicted molar refractivity (Wildman–Crippen MR) is 158 cm³/mol. The van der Waals surface area contributed by atoms with E-state index in [1.54, 1.807) is 25.1 Å². The minimum atomic E-state index is -1.15. The smallest absolute Gasteiger partial charge is 0.338 e. The summed E-state index contributed by atoms with van der Waals surface area (Å²) in [5.41, 5.74) is -0.538. The van der Waals surface area contributed by atoms with E-state index in [-0.39, 0.29) is 36.5 Å².